The zero-order chi connectivity index (χ0) is 10.6. The molecule has 1 atom stereocenters. The van der Waals surface area contributed by atoms with Gasteiger partial charge in [0.1, 0.15) is 0 Å². The van der Waals surface area contributed by atoms with E-state index >= 15 is 0 Å². The van der Waals surface area contributed by atoms with E-state index in [0.29, 0.717) is 5.41 Å². The maximum Gasteiger partial charge on any atom is 0.267 e. The van der Waals surface area contributed by atoms with E-state index in [1.807, 2.05) is 0 Å². The van der Waals surface area contributed by atoms with Gasteiger partial charge in [0.05, 0.1) is 6.04 Å². The molecule has 0 aromatic heterocycles. The summed E-state index contributed by atoms with van der Waals surface area (Å²) in [5, 5.41) is -0.766. The van der Waals surface area contributed by atoms with Crippen molar-refractivity contribution in [2.24, 2.45) is 11.5 Å². The highest BCUT2D eigenvalue weighted by molar-refractivity contribution is 8.08. The largest absolute Gasteiger partial charge is 0.370 e. The molecule has 74 valence electrons. The van der Waals surface area contributed by atoms with Gasteiger partial charge in [-0.1, -0.05) is 6.58 Å². The summed E-state index contributed by atoms with van der Waals surface area (Å²) in [6.45, 7) is 2.93. The van der Waals surface area contributed by atoms with Crippen molar-refractivity contribution < 1.29 is 18.0 Å². The standard InChI is InChI=1S/C6H10N2O4S/c1-2-13(11,12)6(10)4(7)3-5(8)9/h2,4H,1,3,7H2,(H2,8,9)/t4-/m0/s1. The summed E-state index contributed by atoms with van der Waals surface area (Å²) < 4.78 is 21.6. The van der Waals surface area contributed by atoms with Crippen LogP contribution in [0.2, 0.25) is 0 Å². The number of hydrogen-bond acceptors (Lipinski definition) is 5. The Kier molecular flexibility index (Phi) is 3.76. The molecule has 0 saturated carbocycles. The zero-order valence-corrected chi connectivity index (χ0v) is 7.58. The fourth-order valence-corrected chi connectivity index (χ4v) is 1.26. The average Bonchev–Trinajstić information content (AvgIpc) is 2.01. The van der Waals surface area contributed by atoms with Crippen LogP contribution in [0.25, 0.3) is 0 Å². The summed E-state index contributed by atoms with van der Waals surface area (Å²) in [7, 11) is -4.05. The van der Waals surface area contributed by atoms with E-state index in [1.54, 1.807) is 0 Å². The molecular formula is C6H10N2O4S. The number of nitrogens with two attached hydrogens (primary N) is 2. The quantitative estimate of drug-likeness (QED) is 0.566. The van der Waals surface area contributed by atoms with Crippen molar-refractivity contribution >= 4 is 20.9 Å². The molecule has 6 nitrogen and oxygen atoms in total. The molecule has 0 radical (unpaired) electrons. The van der Waals surface area contributed by atoms with Crippen LogP contribution in [0, 0.1) is 0 Å². The van der Waals surface area contributed by atoms with Crippen LogP contribution >= 0.6 is 0 Å². The number of carbonyl (C=O) groups is 2. The Labute approximate surface area is 75.5 Å². The van der Waals surface area contributed by atoms with Crippen molar-refractivity contribution in [1.82, 2.24) is 0 Å². The van der Waals surface area contributed by atoms with E-state index in [1.165, 1.54) is 0 Å². The fourth-order valence-electron chi connectivity index (χ4n) is 0.593. The predicted octanol–water partition coefficient (Wildman–Crippen LogP) is -1.73. The Morgan fingerprint density at radius 2 is 1.92 bits per heavy atom. The number of hydrogen-bond donors (Lipinski definition) is 2. The molecule has 1 amide bonds. The summed E-state index contributed by atoms with van der Waals surface area (Å²) >= 11 is 0. The highest BCUT2D eigenvalue weighted by atomic mass is 32.2. The fraction of sp³-hybridized carbons (Fsp3) is 0.333. The highest BCUT2D eigenvalue weighted by Gasteiger charge is 2.26. The van der Waals surface area contributed by atoms with Crippen molar-refractivity contribution in [3.8, 4) is 0 Å². The Morgan fingerprint density at radius 1 is 1.46 bits per heavy atom. The molecule has 0 rings (SSSR count). The summed E-state index contributed by atoms with van der Waals surface area (Å²) in [6, 6.07) is -1.42. The summed E-state index contributed by atoms with van der Waals surface area (Å²) in [5.41, 5.74) is 9.83. The first-order valence-electron chi connectivity index (χ1n) is 3.26. The predicted molar refractivity (Wildman–Crippen MR) is 45.9 cm³/mol. The monoisotopic (exact) mass is 206 g/mol. The molecule has 13 heavy (non-hydrogen) atoms. The van der Waals surface area contributed by atoms with Gasteiger partial charge in [-0.15, -0.1) is 0 Å². The first-order chi connectivity index (χ1) is 5.81. The van der Waals surface area contributed by atoms with Crippen LogP contribution in [0.15, 0.2) is 12.0 Å². The second-order valence-corrected chi connectivity index (χ2v) is 4.13. The van der Waals surface area contributed by atoms with E-state index in [4.69, 9.17) is 11.5 Å². The maximum absolute atomic E-state index is 10.9. The second-order valence-electron chi connectivity index (χ2n) is 2.31. The SMILES string of the molecule is C=CS(=O)(=O)C(=O)[C@@H](N)CC(N)=O. The third-order valence-corrected chi connectivity index (χ3v) is 2.53. The minimum absolute atomic E-state index is 0.482. The minimum Gasteiger partial charge on any atom is -0.370 e. The minimum atomic E-state index is -4.05. The van der Waals surface area contributed by atoms with Gasteiger partial charge in [0.25, 0.3) is 5.12 Å². The van der Waals surface area contributed by atoms with Crippen LogP contribution in [-0.2, 0) is 19.4 Å². The molecule has 0 aliphatic carbocycles. The maximum atomic E-state index is 10.9. The Bertz CT molecular complexity index is 333. The average molecular weight is 206 g/mol. The lowest BCUT2D eigenvalue weighted by atomic mass is 10.2. The molecule has 0 fully saturated rings. The van der Waals surface area contributed by atoms with Crippen molar-refractivity contribution in [2.75, 3.05) is 0 Å². The molecule has 0 aliphatic heterocycles. The van der Waals surface area contributed by atoms with Crippen molar-refractivity contribution in [2.45, 2.75) is 12.5 Å². The number of rotatable bonds is 4. The third kappa shape index (κ3) is 3.34. The van der Waals surface area contributed by atoms with Crippen molar-refractivity contribution in [3.63, 3.8) is 0 Å². The van der Waals surface area contributed by atoms with Gasteiger partial charge in [-0.05, 0) is 0 Å². The van der Waals surface area contributed by atoms with Gasteiger partial charge in [0.15, 0.2) is 0 Å². The lowest BCUT2D eigenvalue weighted by Crippen LogP contribution is -2.38. The lowest BCUT2D eigenvalue weighted by molar-refractivity contribution is -0.121. The second kappa shape index (κ2) is 4.15. The molecule has 0 aromatic carbocycles. The van der Waals surface area contributed by atoms with Crippen LogP contribution in [0.4, 0.5) is 0 Å². The molecule has 0 saturated heterocycles. The van der Waals surface area contributed by atoms with Crippen LogP contribution in [0.5, 0.6) is 0 Å². The molecule has 0 heterocycles. The molecule has 0 unspecified atom stereocenters. The topological polar surface area (TPSA) is 120 Å². The molecule has 4 N–H and O–H groups in total. The van der Waals surface area contributed by atoms with E-state index in [0.717, 1.165) is 0 Å². The number of carbonyl (C=O) groups excluding carboxylic acids is 2. The van der Waals surface area contributed by atoms with Gasteiger partial charge < -0.3 is 11.5 Å². The first kappa shape index (κ1) is 11.8. The Balaban J connectivity index is 4.63. The number of sulfone groups is 1. The number of amides is 1. The van der Waals surface area contributed by atoms with E-state index in [9.17, 15) is 18.0 Å². The smallest absolute Gasteiger partial charge is 0.267 e. The van der Waals surface area contributed by atoms with Gasteiger partial charge in [0.2, 0.25) is 15.7 Å². The molecule has 0 bridgehead atoms. The molecule has 0 spiro atoms. The lowest BCUT2D eigenvalue weighted by Gasteiger charge is -2.05. The summed E-state index contributed by atoms with van der Waals surface area (Å²) in [6.07, 6.45) is -0.494. The van der Waals surface area contributed by atoms with E-state index in [2.05, 4.69) is 6.58 Å². The number of primary amides is 1. The normalized spacial score (nSPS) is 13.3. The molecule has 0 aromatic rings. The van der Waals surface area contributed by atoms with Crippen LogP contribution in [0.3, 0.4) is 0 Å². The van der Waals surface area contributed by atoms with Gasteiger partial charge in [0, 0.05) is 11.8 Å². The molecule has 7 heteroatoms. The van der Waals surface area contributed by atoms with Gasteiger partial charge in [-0.25, -0.2) is 8.42 Å². The van der Waals surface area contributed by atoms with E-state index in [-0.39, 0.29) is 0 Å². The highest BCUT2D eigenvalue weighted by Crippen LogP contribution is 1.99. The van der Waals surface area contributed by atoms with Crippen LogP contribution in [0.1, 0.15) is 6.42 Å². The molecular weight excluding hydrogens is 196 g/mol. The molecule has 0 aliphatic rings. The van der Waals surface area contributed by atoms with Gasteiger partial charge in [-0.3, -0.25) is 9.59 Å². The third-order valence-electron chi connectivity index (χ3n) is 1.22. The van der Waals surface area contributed by atoms with Gasteiger partial charge in [-0.2, -0.15) is 0 Å². The summed E-state index contributed by atoms with van der Waals surface area (Å²) in [4.78, 5) is 21.2. The van der Waals surface area contributed by atoms with Crippen LogP contribution in [-0.4, -0.2) is 25.5 Å². The van der Waals surface area contributed by atoms with Gasteiger partial charge >= 0.3 is 0 Å². The zero-order valence-electron chi connectivity index (χ0n) is 6.76. The van der Waals surface area contributed by atoms with E-state index < -0.39 is 33.3 Å². The first-order valence-corrected chi connectivity index (χ1v) is 4.81. The van der Waals surface area contributed by atoms with Crippen LogP contribution < -0.4 is 11.5 Å². The summed E-state index contributed by atoms with van der Waals surface area (Å²) in [5.74, 6) is -0.833. The Morgan fingerprint density at radius 3 is 2.23 bits per heavy atom. The van der Waals surface area contributed by atoms with Crippen molar-refractivity contribution in [1.29, 1.82) is 0 Å². The Hall–Kier alpha value is -1.21. The van der Waals surface area contributed by atoms with Crippen molar-refractivity contribution in [3.05, 3.63) is 12.0 Å².